The van der Waals surface area contributed by atoms with Gasteiger partial charge in [0.1, 0.15) is 18.8 Å². The van der Waals surface area contributed by atoms with E-state index in [0.29, 0.717) is 16.8 Å². The molecule has 0 aliphatic heterocycles. The van der Waals surface area contributed by atoms with Crippen LogP contribution in [0, 0.1) is 5.92 Å². The summed E-state index contributed by atoms with van der Waals surface area (Å²) in [5.74, 6) is -1.47. The molecule has 9 nitrogen and oxygen atoms in total. The molecule has 0 aliphatic carbocycles. The summed E-state index contributed by atoms with van der Waals surface area (Å²) < 4.78 is 55.5. The number of carbonyl (C=O) groups is 2. The maximum atomic E-state index is 14.5. The van der Waals surface area contributed by atoms with Gasteiger partial charge in [0.2, 0.25) is 5.91 Å². The molecule has 0 fully saturated rings. The SMILES string of the molecule is CC(C)C(NC(=O)Cn1c(-c2ccccc2)ccc(NC(=O)OCc2ccncc2)c1=O)C(O[Si](C)(C)C(C)(C)C)C(F)(F)F. The first-order valence-electron chi connectivity index (χ1n) is 14.6. The smallest absolute Gasteiger partial charge is 0.415 e. The van der Waals surface area contributed by atoms with Crippen LogP contribution < -0.4 is 16.2 Å². The van der Waals surface area contributed by atoms with E-state index in [2.05, 4.69) is 15.6 Å². The van der Waals surface area contributed by atoms with Gasteiger partial charge in [-0.05, 0) is 59.4 Å². The van der Waals surface area contributed by atoms with Crippen LogP contribution in [0.5, 0.6) is 0 Å². The number of rotatable bonds is 11. The molecule has 2 unspecified atom stereocenters. The van der Waals surface area contributed by atoms with Crippen molar-refractivity contribution in [2.75, 3.05) is 5.32 Å². The Balaban J connectivity index is 1.92. The summed E-state index contributed by atoms with van der Waals surface area (Å²) in [5, 5.41) is 4.41. The first-order chi connectivity index (χ1) is 20.9. The molecular formula is C32H41F3N4O5Si. The number of carbonyl (C=O) groups excluding carboxylic acids is 2. The largest absolute Gasteiger partial charge is 0.444 e. The van der Waals surface area contributed by atoms with Gasteiger partial charge in [-0.15, -0.1) is 0 Å². The molecule has 13 heteroatoms. The Kier molecular flexibility index (Phi) is 11.4. The Bertz CT molecular complexity index is 1510. The Hall–Kier alpha value is -3.97. The van der Waals surface area contributed by atoms with Gasteiger partial charge in [-0.3, -0.25) is 24.5 Å². The Morgan fingerprint density at radius 2 is 1.60 bits per heavy atom. The minimum Gasteiger partial charge on any atom is -0.444 e. The van der Waals surface area contributed by atoms with Gasteiger partial charge >= 0.3 is 12.3 Å². The van der Waals surface area contributed by atoms with E-state index in [1.807, 2.05) is 20.8 Å². The molecule has 2 N–H and O–H groups in total. The number of nitrogens with one attached hydrogen (secondary N) is 2. The standard InChI is InChI=1S/C32H41F3N4O5Si/c1-21(2)27(28(32(33,34)35)44-45(6,7)31(3,4)5)38-26(40)19-39-25(23-11-9-8-10-12-23)14-13-24(29(39)41)37-30(42)43-20-22-15-17-36-18-16-22/h8-18,21,27-28H,19-20H2,1-7H3,(H,37,42)(H,38,40). The third-order valence-corrected chi connectivity index (χ3v) is 12.3. The number of aromatic nitrogens is 2. The van der Waals surface area contributed by atoms with Crippen molar-refractivity contribution in [1.82, 2.24) is 14.9 Å². The van der Waals surface area contributed by atoms with Crippen molar-refractivity contribution in [2.45, 2.75) is 84.2 Å². The molecule has 0 spiro atoms. The third kappa shape index (κ3) is 9.51. The zero-order valence-electron chi connectivity index (χ0n) is 26.6. The lowest BCUT2D eigenvalue weighted by molar-refractivity contribution is -0.210. The lowest BCUT2D eigenvalue weighted by Gasteiger charge is -2.42. The average Bonchev–Trinajstić information content (AvgIpc) is 2.95. The highest BCUT2D eigenvalue weighted by Crippen LogP contribution is 2.41. The van der Waals surface area contributed by atoms with Gasteiger partial charge in [-0.1, -0.05) is 65.0 Å². The highest BCUT2D eigenvalue weighted by atomic mass is 28.4. The maximum Gasteiger partial charge on any atom is 0.415 e. The second-order valence-corrected chi connectivity index (χ2v) is 17.4. The van der Waals surface area contributed by atoms with Crippen molar-refractivity contribution in [1.29, 1.82) is 0 Å². The number of nitrogens with zero attached hydrogens (tertiary/aromatic N) is 2. The number of alkyl halides is 3. The molecule has 3 aromatic rings. The second kappa shape index (κ2) is 14.4. The van der Waals surface area contributed by atoms with Crippen molar-refractivity contribution in [3.05, 3.63) is 82.9 Å². The summed E-state index contributed by atoms with van der Waals surface area (Å²) in [6.45, 7) is 11.4. The van der Waals surface area contributed by atoms with E-state index in [0.717, 1.165) is 4.57 Å². The fourth-order valence-corrected chi connectivity index (χ4v) is 5.54. The molecule has 2 aromatic heterocycles. The monoisotopic (exact) mass is 646 g/mol. The minimum atomic E-state index is -4.76. The highest BCUT2D eigenvalue weighted by molar-refractivity contribution is 6.74. The van der Waals surface area contributed by atoms with Gasteiger partial charge < -0.3 is 14.5 Å². The number of anilines is 1. The fourth-order valence-electron chi connectivity index (χ4n) is 4.27. The van der Waals surface area contributed by atoms with Crippen LogP contribution in [0.4, 0.5) is 23.7 Å². The molecule has 244 valence electrons. The number of ether oxygens (including phenoxy) is 1. The Morgan fingerprint density at radius 1 is 0.978 bits per heavy atom. The van der Waals surface area contributed by atoms with Crippen LogP contribution in [-0.2, 0) is 27.1 Å². The molecule has 0 saturated carbocycles. The highest BCUT2D eigenvalue weighted by Gasteiger charge is 2.52. The van der Waals surface area contributed by atoms with Crippen LogP contribution in [-0.4, -0.2) is 48.2 Å². The van der Waals surface area contributed by atoms with Crippen LogP contribution in [0.2, 0.25) is 18.1 Å². The number of amides is 2. The van der Waals surface area contributed by atoms with Gasteiger partial charge in [-0.25, -0.2) is 4.79 Å². The quantitative estimate of drug-likeness (QED) is 0.223. The van der Waals surface area contributed by atoms with E-state index < -0.39 is 61.7 Å². The molecule has 3 rings (SSSR count). The average molecular weight is 647 g/mol. The summed E-state index contributed by atoms with van der Waals surface area (Å²) in [6, 6.07) is 13.6. The van der Waals surface area contributed by atoms with E-state index in [1.165, 1.54) is 6.07 Å². The zero-order valence-corrected chi connectivity index (χ0v) is 27.6. The van der Waals surface area contributed by atoms with E-state index >= 15 is 0 Å². The molecule has 1 aromatic carbocycles. The van der Waals surface area contributed by atoms with Crippen LogP contribution in [0.15, 0.2) is 71.8 Å². The Morgan fingerprint density at radius 3 is 2.16 bits per heavy atom. The molecule has 0 bridgehead atoms. The topological polar surface area (TPSA) is 112 Å². The molecule has 2 heterocycles. The maximum absolute atomic E-state index is 14.5. The predicted octanol–water partition coefficient (Wildman–Crippen LogP) is 6.75. The predicted molar refractivity (Wildman–Crippen MR) is 169 cm³/mol. The van der Waals surface area contributed by atoms with E-state index in [9.17, 15) is 27.6 Å². The lowest BCUT2D eigenvalue weighted by atomic mass is 9.98. The van der Waals surface area contributed by atoms with Crippen molar-refractivity contribution >= 4 is 26.0 Å². The normalized spacial score (nSPS) is 13.7. The molecule has 0 saturated heterocycles. The van der Waals surface area contributed by atoms with Crippen LogP contribution in [0.3, 0.4) is 0 Å². The van der Waals surface area contributed by atoms with Crippen molar-refractivity contribution in [2.24, 2.45) is 5.92 Å². The van der Waals surface area contributed by atoms with Crippen LogP contribution >= 0.6 is 0 Å². The van der Waals surface area contributed by atoms with Gasteiger partial charge in [0.15, 0.2) is 14.4 Å². The number of pyridine rings is 2. The first-order valence-corrected chi connectivity index (χ1v) is 17.5. The minimum absolute atomic E-state index is 0.0685. The van der Waals surface area contributed by atoms with Gasteiger partial charge in [0, 0.05) is 12.4 Å². The van der Waals surface area contributed by atoms with Crippen molar-refractivity contribution in [3.63, 3.8) is 0 Å². The summed E-state index contributed by atoms with van der Waals surface area (Å²) in [6.07, 6.45) is -4.82. The van der Waals surface area contributed by atoms with Gasteiger partial charge in [0.05, 0.1) is 11.7 Å². The summed E-state index contributed by atoms with van der Waals surface area (Å²) in [5.41, 5.74) is 0.694. The second-order valence-electron chi connectivity index (χ2n) is 12.6. The number of halogens is 3. The van der Waals surface area contributed by atoms with E-state index in [4.69, 9.17) is 9.16 Å². The Labute approximate surface area is 262 Å². The molecule has 2 atom stereocenters. The lowest BCUT2D eigenvalue weighted by Crippen LogP contribution is -2.59. The molecular weight excluding hydrogens is 605 g/mol. The van der Waals surface area contributed by atoms with Crippen molar-refractivity contribution < 1.29 is 31.9 Å². The summed E-state index contributed by atoms with van der Waals surface area (Å²) >= 11 is 0. The molecule has 45 heavy (non-hydrogen) atoms. The molecule has 2 amide bonds. The number of benzene rings is 1. The van der Waals surface area contributed by atoms with Gasteiger partial charge in [-0.2, -0.15) is 13.2 Å². The van der Waals surface area contributed by atoms with Gasteiger partial charge in [0.25, 0.3) is 5.56 Å². The van der Waals surface area contributed by atoms with E-state index in [1.54, 1.807) is 87.9 Å². The number of hydrogen-bond donors (Lipinski definition) is 2. The fraction of sp³-hybridized carbons (Fsp3) is 0.438. The molecule has 0 aliphatic rings. The first kappa shape index (κ1) is 35.5. The molecule has 0 radical (unpaired) electrons. The summed E-state index contributed by atoms with van der Waals surface area (Å²) in [7, 11) is -2.91. The zero-order chi connectivity index (χ0) is 33.6. The van der Waals surface area contributed by atoms with Crippen LogP contribution in [0.25, 0.3) is 11.3 Å². The van der Waals surface area contributed by atoms with Crippen LogP contribution in [0.1, 0.15) is 40.2 Å². The summed E-state index contributed by atoms with van der Waals surface area (Å²) in [4.78, 5) is 43.5. The third-order valence-electron chi connectivity index (χ3n) is 7.82. The van der Waals surface area contributed by atoms with Crippen molar-refractivity contribution in [3.8, 4) is 11.3 Å². The number of hydrogen-bond acceptors (Lipinski definition) is 6. The van der Waals surface area contributed by atoms with E-state index in [-0.39, 0.29) is 12.3 Å².